The minimum absolute atomic E-state index is 0.366. The molecule has 1 atom stereocenters. The highest BCUT2D eigenvalue weighted by atomic mass is 127. The Bertz CT molecular complexity index is 492. The van der Waals surface area contributed by atoms with Gasteiger partial charge in [-0.3, -0.25) is 0 Å². The summed E-state index contributed by atoms with van der Waals surface area (Å²) < 4.78 is 3.04. The zero-order valence-electron chi connectivity index (χ0n) is 9.68. The van der Waals surface area contributed by atoms with Crippen LogP contribution in [0.4, 0.5) is 0 Å². The summed E-state index contributed by atoms with van der Waals surface area (Å²) in [5.41, 5.74) is 2.04. The molecule has 86 valence electrons. The van der Waals surface area contributed by atoms with Crippen LogP contribution in [0.15, 0.2) is 12.5 Å². The molecule has 0 saturated heterocycles. The fraction of sp³-hybridized carbons (Fsp3) is 0.545. The number of fused-ring (bicyclic) bond motifs is 1. The summed E-state index contributed by atoms with van der Waals surface area (Å²) in [6, 6.07) is 0.366. The normalized spacial score (nSPS) is 13.6. The molecule has 2 aromatic heterocycles. The Morgan fingerprint density at radius 1 is 1.38 bits per heavy atom. The second-order valence-corrected chi connectivity index (χ2v) is 5.13. The first-order chi connectivity index (χ1) is 7.65. The van der Waals surface area contributed by atoms with Gasteiger partial charge in [-0.25, -0.2) is 14.6 Å². The second-order valence-electron chi connectivity index (χ2n) is 4.25. The Kier molecular flexibility index (Phi) is 3.41. The van der Waals surface area contributed by atoms with Crippen molar-refractivity contribution in [3.05, 3.63) is 18.2 Å². The van der Waals surface area contributed by atoms with Crippen molar-refractivity contribution in [1.29, 1.82) is 0 Å². The van der Waals surface area contributed by atoms with E-state index in [9.17, 15) is 0 Å². The predicted octanol–water partition coefficient (Wildman–Crippen LogP) is 2.95. The van der Waals surface area contributed by atoms with E-state index in [1.807, 2.05) is 10.9 Å². The van der Waals surface area contributed by atoms with E-state index in [0.717, 1.165) is 21.2 Å². The van der Waals surface area contributed by atoms with E-state index in [2.05, 4.69) is 58.4 Å². The van der Waals surface area contributed by atoms with Crippen molar-refractivity contribution >= 4 is 33.6 Å². The Hall–Kier alpha value is -0.720. The minimum atomic E-state index is 0.366. The lowest BCUT2D eigenvalue weighted by atomic mass is 10.1. The number of hydrogen-bond acceptors (Lipinski definition) is 3. The molecule has 4 nitrogen and oxygen atoms in total. The molecule has 0 fully saturated rings. The van der Waals surface area contributed by atoms with Crippen molar-refractivity contribution in [2.75, 3.05) is 4.43 Å². The molecule has 0 aliphatic carbocycles. The van der Waals surface area contributed by atoms with Gasteiger partial charge in [-0.1, -0.05) is 36.4 Å². The average Bonchev–Trinajstić information content (AvgIpc) is 2.67. The van der Waals surface area contributed by atoms with Gasteiger partial charge in [0.1, 0.15) is 6.33 Å². The predicted molar refractivity (Wildman–Crippen MR) is 73.0 cm³/mol. The average molecular weight is 330 g/mol. The maximum atomic E-state index is 4.67. The lowest BCUT2D eigenvalue weighted by Gasteiger charge is -2.08. The number of alkyl halides is 1. The summed E-state index contributed by atoms with van der Waals surface area (Å²) in [5, 5.41) is 5.75. The smallest absolute Gasteiger partial charge is 0.161 e. The number of hydrogen-bond donors (Lipinski definition) is 0. The van der Waals surface area contributed by atoms with Gasteiger partial charge in [-0.15, -0.1) is 0 Å². The van der Waals surface area contributed by atoms with Crippen LogP contribution in [0.5, 0.6) is 0 Å². The maximum Gasteiger partial charge on any atom is 0.161 e. The van der Waals surface area contributed by atoms with Gasteiger partial charge in [0.25, 0.3) is 0 Å². The van der Waals surface area contributed by atoms with E-state index >= 15 is 0 Å². The van der Waals surface area contributed by atoms with Crippen molar-refractivity contribution in [1.82, 2.24) is 19.7 Å². The molecule has 1 unspecified atom stereocenters. The number of nitrogens with zero attached hydrogens (tertiary/aromatic N) is 4. The van der Waals surface area contributed by atoms with Crippen molar-refractivity contribution in [3.63, 3.8) is 0 Å². The van der Waals surface area contributed by atoms with Crippen LogP contribution in [0.25, 0.3) is 11.0 Å². The van der Waals surface area contributed by atoms with Crippen LogP contribution in [0, 0.1) is 0 Å². The number of halogens is 1. The molecule has 0 aromatic carbocycles. The molecule has 0 spiro atoms. The van der Waals surface area contributed by atoms with Crippen LogP contribution in [-0.2, 0) is 0 Å². The molecule has 2 aromatic rings. The van der Waals surface area contributed by atoms with Gasteiger partial charge in [-0.2, -0.15) is 5.10 Å². The monoisotopic (exact) mass is 330 g/mol. The maximum absolute atomic E-state index is 4.67. The van der Waals surface area contributed by atoms with Crippen molar-refractivity contribution in [2.24, 2.45) is 0 Å². The van der Waals surface area contributed by atoms with Gasteiger partial charge in [-0.05, 0) is 12.8 Å². The SMILES string of the molecule is CC(C)c1nn(C(C)CI)c2ncncc12. The topological polar surface area (TPSA) is 43.6 Å². The van der Waals surface area contributed by atoms with Crippen LogP contribution < -0.4 is 0 Å². The highest BCUT2D eigenvalue weighted by molar-refractivity contribution is 14.1. The van der Waals surface area contributed by atoms with E-state index in [0.29, 0.717) is 12.0 Å². The van der Waals surface area contributed by atoms with Gasteiger partial charge < -0.3 is 0 Å². The summed E-state index contributed by atoms with van der Waals surface area (Å²) in [6.45, 7) is 6.45. The molecule has 0 aliphatic heterocycles. The van der Waals surface area contributed by atoms with Gasteiger partial charge in [0.2, 0.25) is 0 Å². The highest BCUT2D eigenvalue weighted by Gasteiger charge is 2.17. The Labute approximate surface area is 109 Å². The largest absolute Gasteiger partial charge is 0.244 e. The summed E-state index contributed by atoms with van der Waals surface area (Å²) in [6.07, 6.45) is 3.45. The molecule has 2 heterocycles. The quantitative estimate of drug-likeness (QED) is 0.642. The molecule has 2 rings (SSSR count). The molecule has 0 amide bonds. The first-order valence-corrected chi connectivity index (χ1v) is 6.91. The number of aromatic nitrogens is 4. The highest BCUT2D eigenvalue weighted by Crippen LogP contribution is 2.25. The third-order valence-electron chi connectivity index (χ3n) is 2.59. The molecule has 0 saturated carbocycles. The molecule has 16 heavy (non-hydrogen) atoms. The van der Waals surface area contributed by atoms with Crippen LogP contribution in [0.2, 0.25) is 0 Å². The first kappa shape index (κ1) is 11.8. The van der Waals surface area contributed by atoms with E-state index in [4.69, 9.17) is 0 Å². The van der Waals surface area contributed by atoms with Crippen LogP contribution in [-0.4, -0.2) is 24.2 Å². The van der Waals surface area contributed by atoms with Crippen LogP contribution in [0.1, 0.15) is 38.4 Å². The minimum Gasteiger partial charge on any atom is -0.244 e. The number of rotatable bonds is 3. The van der Waals surface area contributed by atoms with Gasteiger partial charge in [0.05, 0.1) is 17.1 Å². The zero-order valence-corrected chi connectivity index (χ0v) is 11.8. The lowest BCUT2D eigenvalue weighted by Crippen LogP contribution is -2.09. The summed E-state index contributed by atoms with van der Waals surface area (Å²) in [5.74, 6) is 0.399. The second kappa shape index (κ2) is 4.65. The van der Waals surface area contributed by atoms with E-state index in [1.54, 1.807) is 6.33 Å². The van der Waals surface area contributed by atoms with Crippen LogP contribution in [0.3, 0.4) is 0 Å². The fourth-order valence-corrected chi connectivity index (χ4v) is 2.08. The van der Waals surface area contributed by atoms with Gasteiger partial charge in [0.15, 0.2) is 5.65 Å². The standard InChI is InChI=1S/C11H15IN4/c1-7(2)10-9-5-13-6-14-11(9)16(15-10)8(3)4-12/h5-8H,4H2,1-3H3. The molecular formula is C11H15IN4. The van der Waals surface area contributed by atoms with E-state index in [1.165, 1.54) is 0 Å². The molecule has 5 heteroatoms. The fourth-order valence-electron chi connectivity index (χ4n) is 1.70. The van der Waals surface area contributed by atoms with E-state index < -0.39 is 0 Å². The van der Waals surface area contributed by atoms with Crippen molar-refractivity contribution in [2.45, 2.75) is 32.7 Å². The molecule has 0 N–H and O–H groups in total. The third kappa shape index (κ3) is 1.92. The summed E-state index contributed by atoms with van der Waals surface area (Å²) in [7, 11) is 0. The van der Waals surface area contributed by atoms with Gasteiger partial charge >= 0.3 is 0 Å². The summed E-state index contributed by atoms with van der Waals surface area (Å²) >= 11 is 2.37. The van der Waals surface area contributed by atoms with Crippen LogP contribution >= 0.6 is 22.6 Å². The van der Waals surface area contributed by atoms with E-state index in [-0.39, 0.29) is 0 Å². The Balaban J connectivity index is 2.66. The Morgan fingerprint density at radius 3 is 2.75 bits per heavy atom. The third-order valence-corrected chi connectivity index (χ3v) is 3.86. The molecule has 0 bridgehead atoms. The van der Waals surface area contributed by atoms with Crippen molar-refractivity contribution in [3.8, 4) is 0 Å². The molecule has 0 radical (unpaired) electrons. The van der Waals surface area contributed by atoms with Gasteiger partial charge in [0, 0.05) is 10.6 Å². The summed E-state index contributed by atoms with van der Waals surface area (Å²) in [4.78, 5) is 8.43. The first-order valence-electron chi connectivity index (χ1n) is 5.39. The lowest BCUT2D eigenvalue weighted by molar-refractivity contribution is 0.548. The zero-order chi connectivity index (χ0) is 11.7. The molecular weight excluding hydrogens is 315 g/mol. The van der Waals surface area contributed by atoms with Crippen molar-refractivity contribution < 1.29 is 0 Å². The Morgan fingerprint density at radius 2 is 2.12 bits per heavy atom. The molecule has 0 aliphatic rings.